The summed E-state index contributed by atoms with van der Waals surface area (Å²) < 4.78 is 5.73. The molecule has 2 aromatic rings. The summed E-state index contributed by atoms with van der Waals surface area (Å²) >= 11 is 6.14. The number of hydrogen-bond acceptors (Lipinski definition) is 4. The molecule has 0 atom stereocenters. The van der Waals surface area contributed by atoms with Crippen LogP contribution in [0.15, 0.2) is 54.2 Å². The van der Waals surface area contributed by atoms with Crippen molar-refractivity contribution in [1.82, 2.24) is 4.90 Å². The van der Waals surface area contributed by atoms with Gasteiger partial charge in [-0.05, 0) is 68.5 Å². The third kappa shape index (κ3) is 4.33. The molecule has 1 saturated heterocycles. The van der Waals surface area contributed by atoms with Crippen LogP contribution in [0, 0.1) is 5.92 Å². The molecule has 4 rings (SSSR count). The topological polar surface area (TPSA) is 49.9 Å². The Morgan fingerprint density at radius 3 is 2.29 bits per heavy atom. The molecule has 0 N–H and O–H groups in total. The van der Waals surface area contributed by atoms with Crippen LogP contribution in [0.5, 0.6) is 5.75 Å². The Hall–Kier alpha value is -2.79. The van der Waals surface area contributed by atoms with Gasteiger partial charge in [-0.25, -0.2) is 4.90 Å². The van der Waals surface area contributed by atoms with Gasteiger partial charge in [0.25, 0.3) is 11.8 Å². The number of ether oxygens (including phenoxy) is 1. The molecule has 2 amide bonds. The number of likely N-dealkylation sites (tertiary alicyclic amines) is 1. The third-order valence-electron chi connectivity index (χ3n) is 5.74. The van der Waals surface area contributed by atoms with Gasteiger partial charge in [-0.15, -0.1) is 0 Å². The molecule has 2 aliphatic heterocycles. The molecule has 0 bridgehead atoms. The lowest BCUT2D eigenvalue weighted by atomic mass is 9.97. The van der Waals surface area contributed by atoms with Crippen molar-refractivity contribution < 1.29 is 14.3 Å². The molecule has 0 aromatic heterocycles. The maximum atomic E-state index is 13.6. The van der Waals surface area contributed by atoms with Gasteiger partial charge in [-0.1, -0.05) is 36.7 Å². The fraction of sp³-hybridized carbons (Fsp3) is 0.360. The highest BCUT2D eigenvalue weighted by Crippen LogP contribution is 2.37. The number of carbonyl (C=O) groups excluding carboxylic acids is 2. The summed E-state index contributed by atoms with van der Waals surface area (Å²) in [6.07, 6.45) is 2.05. The summed E-state index contributed by atoms with van der Waals surface area (Å²) in [7, 11) is 0. The van der Waals surface area contributed by atoms with E-state index in [0.29, 0.717) is 33.5 Å². The smallest absolute Gasteiger partial charge is 0.282 e. The maximum absolute atomic E-state index is 13.6. The van der Waals surface area contributed by atoms with Gasteiger partial charge in [-0.2, -0.15) is 0 Å². The van der Waals surface area contributed by atoms with Gasteiger partial charge in [0.15, 0.2) is 0 Å². The van der Waals surface area contributed by atoms with Crippen LogP contribution in [0.1, 0.15) is 39.2 Å². The second kappa shape index (κ2) is 8.75. The van der Waals surface area contributed by atoms with Crippen LogP contribution in [-0.4, -0.2) is 35.9 Å². The first-order chi connectivity index (χ1) is 14.8. The highest BCUT2D eigenvalue weighted by molar-refractivity contribution is 6.45. The monoisotopic (exact) mass is 438 g/mol. The van der Waals surface area contributed by atoms with Gasteiger partial charge < -0.3 is 9.64 Å². The number of anilines is 1. The molecule has 6 heteroatoms. The molecule has 0 saturated carbocycles. The summed E-state index contributed by atoms with van der Waals surface area (Å²) in [5.41, 5.74) is 2.12. The SMILES string of the molecule is CC1CCN(C2=C(c3ccc(OC(C)C)cc3)C(=O)N(c3cccc(Cl)c3)C2=O)CC1. The summed E-state index contributed by atoms with van der Waals surface area (Å²) in [6, 6.07) is 14.3. The van der Waals surface area contributed by atoms with E-state index < -0.39 is 0 Å². The average molecular weight is 439 g/mol. The van der Waals surface area contributed by atoms with Crippen molar-refractivity contribution in [3.05, 3.63) is 64.8 Å². The third-order valence-corrected chi connectivity index (χ3v) is 5.98. The number of piperidine rings is 1. The number of benzene rings is 2. The van der Waals surface area contributed by atoms with Crippen LogP contribution in [-0.2, 0) is 9.59 Å². The van der Waals surface area contributed by atoms with E-state index in [1.165, 1.54) is 4.90 Å². The molecule has 0 unspecified atom stereocenters. The zero-order chi connectivity index (χ0) is 22.1. The van der Waals surface area contributed by atoms with Crippen LogP contribution in [0.2, 0.25) is 5.02 Å². The zero-order valence-electron chi connectivity index (χ0n) is 18.1. The Labute approximate surface area is 188 Å². The molecule has 2 heterocycles. The van der Waals surface area contributed by atoms with Gasteiger partial charge in [0.2, 0.25) is 0 Å². The molecule has 31 heavy (non-hydrogen) atoms. The van der Waals surface area contributed by atoms with Gasteiger partial charge in [0.05, 0.1) is 17.4 Å². The molecule has 5 nitrogen and oxygen atoms in total. The van der Waals surface area contributed by atoms with E-state index in [4.69, 9.17) is 16.3 Å². The number of rotatable bonds is 5. The number of amides is 2. The number of halogens is 1. The Kier molecular flexibility index (Phi) is 6.05. The molecule has 0 spiro atoms. The quantitative estimate of drug-likeness (QED) is 0.606. The van der Waals surface area contributed by atoms with Gasteiger partial charge >= 0.3 is 0 Å². The Balaban J connectivity index is 1.76. The normalized spacial score (nSPS) is 17.8. The predicted molar refractivity (Wildman–Crippen MR) is 123 cm³/mol. The highest BCUT2D eigenvalue weighted by atomic mass is 35.5. The molecule has 2 aliphatic rings. The molecule has 0 aliphatic carbocycles. The maximum Gasteiger partial charge on any atom is 0.282 e. The number of imide groups is 1. The first-order valence-corrected chi connectivity index (χ1v) is 11.1. The van der Waals surface area contributed by atoms with Crippen molar-refractivity contribution in [2.75, 3.05) is 18.0 Å². The van der Waals surface area contributed by atoms with E-state index in [9.17, 15) is 9.59 Å². The number of nitrogens with zero attached hydrogens (tertiary/aromatic N) is 2. The van der Waals surface area contributed by atoms with E-state index >= 15 is 0 Å². The van der Waals surface area contributed by atoms with Gasteiger partial charge in [0.1, 0.15) is 11.4 Å². The Morgan fingerprint density at radius 1 is 1.00 bits per heavy atom. The fourth-order valence-corrected chi connectivity index (χ4v) is 4.31. The minimum atomic E-state index is -0.321. The van der Waals surface area contributed by atoms with Crippen molar-refractivity contribution in [3.63, 3.8) is 0 Å². The molecular weight excluding hydrogens is 412 g/mol. The average Bonchev–Trinajstić information content (AvgIpc) is 2.99. The summed E-state index contributed by atoms with van der Waals surface area (Å²) in [4.78, 5) is 30.4. The lowest BCUT2D eigenvalue weighted by molar-refractivity contribution is -0.120. The molecule has 1 fully saturated rings. The van der Waals surface area contributed by atoms with E-state index in [-0.39, 0.29) is 17.9 Å². The van der Waals surface area contributed by atoms with Crippen LogP contribution < -0.4 is 9.64 Å². The van der Waals surface area contributed by atoms with E-state index in [2.05, 4.69) is 11.8 Å². The molecule has 2 aromatic carbocycles. The van der Waals surface area contributed by atoms with Crippen molar-refractivity contribution >= 4 is 34.7 Å². The van der Waals surface area contributed by atoms with Crippen LogP contribution in [0.3, 0.4) is 0 Å². The van der Waals surface area contributed by atoms with E-state index in [0.717, 1.165) is 31.7 Å². The Bertz CT molecular complexity index is 1020. The van der Waals surface area contributed by atoms with Crippen molar-refractivity contribution in [2.24, 2.45) is 5.92 Å². The van der Waals surface area contributed by atoms with Crippen molar-refractivity contribution in [3.8, 4) is 5.75 Å². The van der Waals surface area contributed by atoms with Crippen molar-refractivity contribution in [1.29, 1.82) is 0 Å². The second-order valence-corrected chi connectivity index (χ2v) is 8.95. The summed E-state index contributed by atoms with van der Waals surface area (Å²) in [6.45, 7) is 7.68. The van der Waals surface area contributed by atoms with Gasteiger partial charge in [-0.3, -0.25) is 9.59 Å². The lowest BCUT2D eigenvalue weighted by Crippen LogP contribution is -2.38. The standard InChI is InChI=1S/C25H27ClN2O3/c1-16(2)31-21-9-7-18(8-10-21)22-23(27-13-11-17(3)12-14-27)25(30)28(24(22)29)20-6-4-5-19(26)15-20/h4-10,15-17H,11-14H2,1-3H3. The van der Waals surface area contributed by atoms with E-state index in [1.807, 2.05) is 38.1 Å². The first-order valence-electron chi connectivity index (χ1n) is 10.8. The van der Waals surface area contributed by atoms with E-state index in [1.54, 1.807) is 24.3 Å². The largest absolute Gasteiger partial charge is 0.491 e. The number of carbonyl (C=O) groups is 2. The van der Waals surface area contributed by atoms with Gasteiger partial charge in [0, 0.05) is 18.1 Å². The molecular formula is C25H27ClN2O3. The van der Waals surface area contributed by atoms with Crippen molar-refractivity contribution in [2.45, 2.75) is 39.7 Å². The predicted octanol–water partition coefficient (Wildman–Crippen LogP) is 5.14. The minimum Gasteiger partial charge on any atom is -0.491 e. The molecule has 0 radical (unpaired) electrons. The summed E-state index contributed by atoms with van der Waals surface area (Å²) in [5.74, 6) is 0.734. The Morgan fingerprint density at radius 2 is 1.68 bits per heavy atom. The fourth-order valence-electron chi connectivity index (χ4n) is 4.13. The highest BCUT2D eigenvalue weighted by Gasteiger charge is 2.43. The van der Waals surface area contributed by atoms with Crippen LogP contribution in [0.25, 0.3) is 5.57 Å². The summed E-state index contributed by atoms with van der Waals surface area (Å²) in [5, 5.41) is 0.482. The van der Waals surface area contributed by atoms with Crippen LogP contribution in [0.4, 0.5) is 5.69 Å². The lowest BCUT2D eigenvalue weighted by Gasteiger charge is -2.32. The zero-order valence-corrected chi connectivity index (χ0v) is 18.9. The second-order valence-electron chi connectivity index (χ2n) is 8.51. The minimum absolute atomic E-state index is 0.0592. The number of hydrogen-bond donors (Lipinski definition) is 0. The van der Waals surface area contributed by atoms with Crippen LogP contribution >= 0.6 is 11.6 Å². The first kappa shape index (κ1) is 21.4. The molecule has 162 valence electrons.